The van der Waals surface area contributed by atoms with Gasteiger partial charge in [0.25, 0.3) is 0 Å². The van der Waals surface area contributed by atoms with E-state index < -0.39 is 0 Å². The third-order valence-corrected chi connectivity index (χ3v) is 3.49. The van der Waals surface area contributed by atoms with Crippen LogP contribution in [-0.2, 0) is 9.59 Å². The molecule has 0 aliphatic carbocycles. The summed E-state index contributed by atoms with van der Waals surface area (Å²) < 4.78 is 0. The molecule has 96 valence electrons. The van der Waals surface area contributed by atoms with E-state index in [1.54, 1.807) is 12.1 Å². The fourth-order valence-corrected chi connectivity index (χ4v) is 2.72. The third kappa shape index (κ3) is 3.58. The SMILES string of the molecule is CC(=O)SC1CC(=O)N(C(CC#N)=C(C#N)C#N)C1. The van der Waals surface area contributed by atoms with Crippen molar-refractivity contribution in [2.24, 2.45) is 0 Å². The summed E-state index contributed by atoms with van der Waals surface area (Å²) in [6.07, 6.45) is -0.0109. The molecule has 1 unspecified atom stereocenters. The molecule has 1 aliphatic heterocycles. The fourth-order valence-electron chi connectivity index (χ4n) is 1.80. The molecule has 1 aliphatic rings. The van der Waals surface area contributed by atoms with Gasteiger partial charge in [0.05, 0.1) is 18.2 Å². The Kier molecular flexibility index (Phi) is 5.11. The number of rotatable bonds is 3. The van der Waals surface area contributed by atoms with Crippen molar-refractivity contribution in [3.63, 3.8) is 0 Å². The summed E-state index contributed by atoms with van der Waals surface area (Å²) >= 11 is 1.06. The monoisotopic (exact) mass is 274 g/mol. The number of carbonyl (C=O) groups is 2. The van der Waals surface area contributed by atoms with Crippen LogP contribution in [0.5, 0.6) is 0 Å². The highest BCUT2D eigenvalue weighted by molar-refractivity contribution is 8.14. The van der Waals surface area contributed by atoms with Crippen molar-refractivity contribution in [1.82, 2.24) is 4.90 Å². The number of hydrogen-bond donors (Lipinski definition) is 0. The third-order valence-electron chi connectivity index (χ3n) is 2.51. The van der Waals surface area contributed by atoms with Crippen LogP contribution in [-0.4, -0.2) is 27.7 Å². The zero-order chi connectivity index (χ0) is 14.4. The molecule has 0 aromatic carbocycles. The highest BCUT2D eigenvalue weighted by Crippen LogP contribution is 2.28. The van der Waals surface area contributed by atoms with Crippen molar-refractivity contribution < 1.29 is 9.59 Å². The first kappa shape index (κ1) is 14.8. The Morgan fingerprint density at radius 2 is 2.05 bits per heavy atom. The predicted molar refractivity (Wildman–Crippen MR) is 66.9 cm³/mol. The topological polar surface area (TPSA) is 109 Å². The molecule has 0 bridgehead atoms. The largest absolute Gasteiger partial charge is 0.312 e. The van der Waals surface area contributed by atoms with Crippen LogP contribution >= 0.6 is 11.8 Å². The number of nitrogens with zero attached hydrogens (tertiary/aromatic N) is 4. The molecule has 1 atom stereocenters. The van der Waals surface area contributed by atoms with Crippen LogP contribution in [0.1, 0.15) is 19.8 Å². The van der Waals surface area contributed by atoms with Gasteiger partial charge >= 0.3 is 0 Å². The molecule has 0 spiro atoms. The van der Waals surface area contributed by atoms with Crippen LogP contribution < -0.4 is 0 Å². The van der Waals surface area contributed by atoms with Crippen molar-refractivity contribution in [3.05, 3.63) is 11.3 Å². The number of thioether (sulfide) groups is 1. The Morgan fingerprint density at radius 3 is 2.53 bits per heavy atom. The number of amides is 1. The van der Waals surface area contributed by atoms with Gasteiger partial charge in [0, 0.05) is 25.1 Å². The van der Waals surface area contributed by atoms with Crippen molar-refractivity contribution in [2.45, 2.75) is 25.0 Å². The molecule has 0 N–H and O–H groups in total. The average molecular weight is 274 g/mol. The highest BCUT2D eigenvalue weighted by atomic mass is 32.2. The van der Waals surface area contributed by atoms with E-state index in [4.69, 9.17) is 15.8 Å². The van der Waals surface area contributed by atoms with Gasteiger partial charge in [-0.1, -0.05) is 11.8 Å². The van der Waals surface area contributed by atoms with Gasteiger partial charge in [0.1, 0.15) is 17.7 Å². The van der Waals surface area contributed by atoms with Gasteiger partial charge in [-0.3, -0.25) is 9.59 Å². The number of likely N-dealkylation sites (tertiary alicyclic amines) is 1. The Morgan fingerprint density at radius 1 is 1.42 bits per heavy atom. The summed E-state index contributed by atoms with van der Waals surface area (Å²) in [5.74, 6) is -0.271. The Balaban J connectivity index is 3.02. The molecule has 1 rings (SSSR count). The molecule has 1 fully saturated rings. The lowest BCUT2D eigenvalue weighted by molar-refractivity contribution is -0.126. The number of hydrogen-bond acceptors (Lipinski definition) is 6. The smallest absolute Gasteiger partial charge is 0.228 e. The van der Waals surface area contributed by atoms with Crippen LogP contribution in [0.3, 0.4) is 0 Å². The van der Waals surface area contributed by atoms with Crippen LogP contribution in [0.2, 0.25) is 0 Å². The minimum absolute atomic E-state index is 0.0914. The molecular weight excluding hydrogens is 264 g/mol. The molecule has 6 nitrogen and oxygen atoms in total. The predicted octanol–water partition coefficient (Wildman–Crippen LogP) is 1.08. The van der Waals surface area contributed by atoms with E-state index >= 15 is 0 Å². The van der Waals surface area contributed by atoms with Gasteiger partial charge in [-0.25, -0.2) is 0 Å². The van der Waals surface area contributed by atoms with Crippen LogP contribution in [0.4, 0.5) is 0 Å². The van der Waals surface area contributed by atoms with E-state index in [0.717, 1.165) is 11.8 Å². The Hall–Kier alpha value is -2.30. The minimum atomic E-state index is -0.271. The van der Waals surface area contributed by atoms with Crippen molar-refractivity contribution in [3.8, 4) is 18.2 Å². The van der Waals surface area contributed by atoms with Crippen molar-refractivity contribution >= 4 is 22.8 Å². The summed E-state index contributed by atoms with van der Waals surface area (Å²) in [6.45, 7) is 1.66. The van der Waals surface area contributed by atoms with Gasteiger partial charge in [0.2, 0.25) is 5.91 Å². The summed E-state index contributed by atoms with van der Waals surface area (Å²) in [4.78, 5) is 24.1. The van der Waals surface area contributed by atoms with E-state index in [0.29, 0.717) is 0 Å². The standard InChI is InChI=1S/C12H10N4O2S/c1-8(17)19-10-4-12(18)16(7-10)11(2-3-13)9(5-14)6-15/h10H,2,4,7H2,1H3. The first-order valence-corrected chi connectivity index (χ1v) is 6.29. The maximum atomic E-state index is 11.9. The molecular formula is C12H10N4O2S. The van der Waals surface area contributed by atoms with Crippen molar-refractivity contribution in [1.29, 1.82) is 15.8 Å². The summed E-state index contributed by atoms with van der Waals surface area (Å²) in [5, 5.41) is 26.1. The fraction of sp³-hybridized carbons (Fsp3) is 0.417. The van der Waals surface area contributed by atoms with Crippen LogP contribution in [0, 0.1) is 34.0 Å². The maximum Gasteiger partial charge on any atom is 0.228 e. The molecule has 19 heavy (non-hydrogen) atoms. The second kappa shape index (κ2) is 6.58. The molecule has 0 saturated carbocycles. The highest BCUT2D eigenvalue weighted by Gasteiger charge is 2.34. The lowest BCUT2D eigenvalue weighted by Crippen LogP contribution is -2.26. The molecule has 7 heteroatoms. The number of allylic oxidation sites excluding steroid dienone is 2. The van der Waals surface area contributed by atoms with Gasteiger partial charge in [0.15, 0.2) is 5.12 Å². The minimum Gasteiger partial charge on any atom is -0.312 e. The lowest BCUT2D eigenvalue weighted by Gasteiger charge is -2.18. The lowest BCUT2D eigenvalue weighted by atomic mass is 10.2. The second-order valence-corrected chi connectivity index (χ2v) is 5.30. The normalized spacial score (nSPS) is 17.3. The molecule has 1 heterocycles. The summed E-state index contributed by atoms with van der Waals surface area (Å²) in [7, 11) is 0. The Labute approximate surface area is 114 Å². The molecule has 1 saturated heterocycles. The maximum absolute atomic E-state index is 11.9. The second-order valence-electron chi connectivity index (χ2n) is 3.82. The summed E-state index contributed by atoms with van der Waals surface area (Å²) in [6, 6.07) is 5.22. The summed E-state index contributed by atoms with van der Waals surface area (Å²) in [5.41, 5.74) is -0.104. The van der Waals surface area contributed by atoms with Gasteiger partial charge in [-0.2, -0.15) is 15.8 Å². The van der Waals surface area contributed by atoms with Crippen LogP contribution in [0.25, 0.3) is 0 Å². The quantitative estimate of drug-likeness (QED) is 0.712. The van der Waals surface area contributed by atoms with E-state index in [1.165, 1.54) is 11.8 Å². The zero-order valence-electron chi connectivity index (χ0n) is 10.2. The average Bonchev–Trinajstić information content (AvgIpc) is 2.69. The molecule has 0 aromatic heterocycles. The number of carbonyl (C=O) groups excluding carboxylic acids is 2. The van der Waals surface area contributed by atoms with Gasteiger partial charge in [-0.15, -0.1) is 0 Å². The van der Waals surface area contributed by atoms with Gasteiger partial charge in [-0.05, 0) is 0 Å². The van der Waals surface area contributed by atoms with E-state index in [1.807, 2.05) is 6.07 Å². The molecule has 0 radical (unpaired) electrons. The first-order chi connectivity index (χ1) is 9.03. The molecule has 1 amide bonds. The van der Waals surface area contributed by atoms with E-state index in [2.05, 4.69) is 0 Å². The van der Waals surface area contributed by atoms with Crippen molar-refractivity contribution in [2.75, 3.05) is 6.54 Å². The molecule has 0 aromatic rings. The Bertz CT molecular complexity index is 546. The number of nitriles is 3. The first-order valence-electron chi connectivity index (χ1n) is 5.41. The van der Waals surface area contributed by atoms with Crippen LogP contribution in [0.15, 0.2) is 11.3 Å². The zero-order valence-corrected chi connectivity index (χ0v) is 11.0. The van der Waals surface area contributed by atoms with E-state index in [-0.39, 0.29) is 46.9 Å². The van der Waals surface area contributed by atoms with E-state index in [9.17, 15) is 9.59 Å². The van der Waals surface area contributed by atoms with Gasteiger partial charge < -0.3 is 4.90 Å².